The number of hydrogen-bond donors (Lipinski definition) is 1. The summed E-state index contributed by atoms with van der Waals surface area (Å²) in [7, 11) is 0. The zero-order valence-electron chi connectivity index (χ0n) is 10.9. The number of nitrogens with zero attached hydrogens (tertiary/aromatic N) is 1. The predicted molar refractivity (Wildman–Crippen MR) is 72.3 cm³/mol. The van der Waals surface area contributed by atoms with Crippen LogP contribution in [0.25, 0.3) is 0 Å². The first-order chi connectivity index (χ1) is 8.43. The first kappa shape index (κ1) is 13.4. The third kappa shape index (κ3) is 2.53. The number of halogens is 1. The fraction of sp³-hybridized carbons (Fsp3) is 0.692. The Morgan fingerprint density at radius 2 is 1.89 bits per heavy atom. The van der Waals surface area contributed by atoms with Crippen LogP contribution < -0.4 is 11.2 Å². The summed E-state index contributed by atoms with van der Waals surface area (Å²) >= 11 is 5.80. The molecule has 5 heteroatoms. The van der Waals surface area contributed by atoms with Crippen LogP contribution in [0.3, 0.4) is 0 Å². The van der Waals surface area contributed by atoms with Gasteiger partial charge in [0.25, 0.3) is 5.56 Å². The molecule has 0 aromatic carbocycles. The van der Waals surface area contributed by atoms with E-state index in [9.17, 15) is 9.59 Å². The van der Waals surface area contributed by atoms with Crippen molar-refractivity contribution in [3.8, 4) is 0 Å². The van der Waals surface area contributed by atoms with Crippen LogP contribution in [0.2, 0.25) is 5.15 Å². The Balaban J connectivity index is 2.38. The van der Waals surface area contributed by atoms with Crippen molar-refractivity contribution >= 4 is 11.6 Å². The Kier molecular flexibility index (Phi) is 3.66. The van der Waals surface area contributed by atoms with E-state index in [0.29, 0.717) is 12.1 Å². The summed E-state index contributed by atoms with van der Waals surface area (Å²) < 4.78 is 1.30. The monoisotopic (exact) mass is 270 g/mol. The fourth-order valence-electron chi connectivity index (χ4n) is 2.73. The van der Waals surface area contributed by atoms with Crippen LogP contribution in [0.1, 0.15) is 44.6 Å². The molecule has 18 heavy (non-hydrogen) atoms. The standard InChI is InChI=1S/C13H19ClN2O2/c1-9-10(14)15-12(18)16(11(9)17)8-13(2)6-4-3-5-7-13/h3-8H2,1-2H3,(H,15,18). The number of rotatable bonds is 2. The lowest BCUT2D eigenvalue weighted by Gasteiger charge is -2.33. The molecule has 0 amide bonds. The van der Waals surface area contributed by atoms with Gasteiger partial charge in [0.2, 0.25) is 0 Å². The number of nitrogens with one attached hydrogen (secondary N) is 1. The van der Waals surface area contributed by atoms with Crippen molar-refractivity contribution in [2.75, 3.05) is 0 Å². The molecular formula is C13H19ClN2O2. The van der Waals surface area contributed by atoms with E-state index in [1.165, 1.54) is 23.8 Å². The second-order valence-electron chi connectivity index (χ2n) is 5.63. The third-order valence-electron chi connectivity index (χ3n) is 3.96. The summed E-state index contributed by atoms with van der Waals surface area (Å²) in [6.07, 6.45) is 5.74. The molecule has 1 saturated carbocycles. The first-order valence-electron chi connectivity index (χ1n) is 6.42. The molecule has 100 valence electrons. The molecule has 1 N–H and O–H groups in total. The van der Waals surface area contributed by atoms with Gasteiger partial charge in [0, 0.05) is 12.1 Å². The molecule has 1 aliphatic carbocycles. The van der Waals surface area contributed by atoms with Gasteiger partial charge in [0.15, 0.2) is 0 Å². The second-order valence-corrected chi connectivity index (χ2v) is 6.01. The maximum absolute atomic E-state index is 12.1. The predicted octanol–water partition coefficient (Wildman–Crippen LogP) is 2.47. The Morgan fingerprint density at radius 3 is 2.50 bits per heavy atom. The lowest BCUT2D eigenvalue weighted by atomic mass is 9.75. The third-order valence-corrected chi connectivity index (χ3v) is 4.34. The van der Waals surface area contributed by atoms with E-state index < -0.39 is 5.69 Å². The van der Waals surface area contributed by atoms with E-state index in [2.05, 4.69) is 11.9 Å². The van der Waals surface area contributed by atoms with Crippen molar-refractivity contribution in [3.05, 3.63) is 31.6 Å². The molecule has 4 nitrogen and oxygen atoms in total. The summed E-state index contributed by atoms with van der Waals surface area (Å²) in [5.74, 6) is 0. The smallest absolute Gasteiger partial charge is 0.297 e. The molecule has 0 bridgehead atoms. The van der Waals surface area contributed by atoms with E-state index in [4.69, 9.17) is 11.6 Å². The van der Waals surface area contributed by atoms with E-state index >= 15 is 0 Å². The van der Waals surface area contributed by atoms with Crippen LogP contribution in [0.15, 0.2) is 9.59 Å². The van der Waals surface area contributed by atoms with E-state index in [1.54, 1.807) is 6.92 Å². The van der Waals surface area contributed by atoms with Gasteiger partial charge >= 0.3 is 5.69 Å². The molecule has 0 aliphatic heterocycles. The second kappa shape index (κ2) is 4.92. The maximum atomic E-state index is 12.1. The molecule has 0 radical (unpaired) electrons. The molecule has 2 rings (SSSR count). The minimum Gasteiger partial charge on any atom is -0.297 e. The molecule has 1 heterocycles. The van der Waals surface area contributed by atoms with Crippen LogP contribution in [-0.4, -0.2) is 9.55 Å². The highest BCUT2D eigenvalue weighted by molar-refractivity contribution is 6.30. The zero-order chi connectivity index (χ0) is 13.3. The van der Waals surface area contributed by atoms with Gasteiger partial charge in [-0.05, 0) is 25.2 Å². The van der Waals surface area contributed by atoms with Crippen molar-refractivity contribution in [2.45, 2.75) is 52.5 Å². The number of hydrogen-bond acceptors (Lipinski definition) is 2. The molecule has 1 aromatic rings. The average molecular weight is 271 g/mol. The van der Waals surface area contributed by atoms with Gasteiger partial charge in [0.1, 0.15) is 5.15 Å². The zero-order valence-corrected chi connectivity index (χ0v) is 11.6. The van der Waals surface area contributed by atoms with Gasteiger partial charge in [0.05, 0.1) is 0 Å². The normalized spacial score (nSPS) is 18.8. The van der Waals surface area contributed by atoms with Gasteiger partial charge < -0.3 is 0 Å². The highest BCUT2D eigenvalue weighted by Crippen LogP contribution is 2.36. The molecule has 0 spiro atoms. The maximum Gasteiger partial charge on any atom is 0.329 e. The van der Waals surface area contributed by atoms with E-state index in [-0.39, 0.29) is 16.1 Å². The lowest BCUT2D eigenvalue weighted by Crippen LogP contribution is -2.41. The number of aromatic nitrogens is 2. The molecule has 1 aromatic heterocycles. The summed E-state index contributed by atoms with van der Waals surface area (Å²) in [5.41, 5.74) is -0.205. The Bertz CT molecular complexity index is 553. The van der Waals surface area contributed by atoms with Crippen molar-refractivity contribution < 1.29 is 0 Å². The highest BCUT2D eigenvalue weighted by atomic mass is 35.5. The van der Waals surface area contributed by atoms with E-state index in [1.807, 2.05) is 0 Å². The minimum atomic E-state index is -0.401. The SMILES string of the molecule is Cc1c(Cl)[nH]c(=O)n(CC2(C)CCCCC2)c1=O. The number of aromatic amines is 1. The summed E-state index contributed by atoms with van der Waals surface area (Å²) in [6, 6.07) is 0. The Hall–Kier alpha value is -1.03. The molecule has 0 unspecified atom stereocenters. The topological polar surface area (TPSA) is 54.9 Å². The van der Waals surface area contributed by atoms with Gasteiger partial charge in [-0.15, -0.1) is 0 Å². The van der Waals surface area contributed by atoms with Crippen LogP contribution in [-0.2, 0) is 6.54 Å². The summed E-state index contributed by atoms with van der Waals surface area (Å²) in [5, 5.41) is 0.148. The van der Waals surface area contributed by atoms with Gasteiger partial charge in [-0.1, -0.05) is 37.8 Å². The highest BCUT2D eigenvalue weighted by Gasteiger charge is 2.28. The molecule has 1 aliphatic rings. The number of H-pyrrole nitrogens is 1. The molecule has 0 saturated heterocycles. The molecule has 0 atom stereocenters. The van der Waals surface area contributed by atoms with Crippen LogP contribution in [0.5, 0.6) is 0 Å². The Labute approximate surface area is 111 Å². The van der Waals surface area contributed by atoms with Gasteiger partial charge in [-0.2, -0.15) is 0 Å². The van der Waals surface area contributed by atoms with Gasteiger partial charge in [-0.3, -0.25) is 14.3 Å². The van der Waals surface area contributed by atoms with Crippen molar-refractivity contribution in [3.63, 3.8) is 0 Å². The average Bonchev–Trinajstić information content (AvgIpc) is 2.33. The van der Waals surface area contributed by atoms with Crippen LogP contribution in [0, 0.1) is 12.3 Å². The largest absolute Gasteiger partial charge is 0.329 e. The van der Waals surface area contributed by atoms with E-state index in [0.717, 1.165) is 12.8 Å². The van der Waals surface area contributed by atoms with Crippen molar-refractivity contribution in [1.82, 2.24) is 9.55 Å². The van der Waals surface area contributed by atoms with Crippen LogP contribution >= 0.6 is 11.6 Å². The van der Waals surface area contributed by atoms with Gasteiger partial charge in [-0.25, -0.2) is 4.79 Å². The fourth-order valence-corrected chi connectivity index (χ4v) is 2.89. The summed E-state index contributed by atoms with van der Waals surface area (Å²) in [4.78, 5) is 26.5. The van der Waals surface area contributed by atoms with Crippen molar-refractivity contribution in [2.24, 2.45) is 5.41 Å². The Morgan fingerprint density at radius 1 is 1.28 bits per heavy atom. The molecule has 1 fully saturated rings. The minimum absolute atomic E-state index is 0.0509. The first-order valence-corrected chi connectivity index (χ1v) is 6.80. The molecular weight excluding hydrogens is 252 g/mol. The summed E-state index contributed by atoms with van der Waals surface area (Å²) in [6.45, 7) is 4.28. The van der Waals surface area contributed by atoms with Crippen LogP contribution in [0.4, 0.5) is 0 Å². The quantitative estimate of drug-likeness (QED) is 0.840. The lowest BCUT2D eigenvalue weighted by molar-refractivity contribution is 0.178. The van der Waals surface area contributed by atoms with Crippen molar-refractivity contribution in [1.29, 1.82) is 0 Å².